The fraction of sp³-hybridized carbons (Fsp3) is 0.545. The fourth-order valence-corrected chi connectivity index (χ4v) is 3.10. The number of ketones is 1. The van der Waals surface area contributed by atoms with Crippen LogP contribution < -0.4 is 4.74 Å². The van der Waals surface area contributed by atoms with Gasteiger partial charge < -0.3 is 19.3 Å². The summed E-state index contributed by atoms with van der Waals surface area (Å²) in [5.41, 5.74) is 1.02. The van der Waals surface area contributed by atoms with Gasteiger partial charge in [-0.3, -0.25) is 9.59 Å². The summed E-state index contributed by atoms with van der Waals surface area (Å²) in [6, 6.07) is 3.37. The molecule has 0 spiro atoms. The van der Waals surface area contributed by atoms with Gasteiger partial charge >= 0.3 is 5.97 Å². The van der Waals surface area contributed by atoms with E-state index in [2.05, 4.69) is 4.74 Å². The number of esters is 1. The highest BCUT2D eigenvalue weighted by Gasteiger charge is 2.35. The lowest BCUT2D eigenvalue weighted by atomic mass is 10.0. The Morgan fingerprint density at radius 3 is 2.79 bits per heavy atom. The summed E-state index contributed by atoms with van der Waals surface area (Å²) >= 11 is 0. The Bertz CT molecular complexity index is 709. The highest BCUT2D eigenvalue weighted by molar-refractivity contribution is 5.97. The molecule has 6 heteroatoms. The van der Waals surface area contributed by atoms with Crippen molar-refractivity contribution >= 4 is 11.8 Å². The predicted octanol–water partition coefficient (Wildman–Crippen LogP) is 3.98. The molecule has 1 aliphatic heterocycles. The highest BCUT2D eigenvalue weighted by Crippen LogP contribution is 2.33. The second-order valence-corrected chi connectivity index (χ2v) is 6.92. The van der Waals surface area contributed by atoms with Crippen LogP contribution in [0, 0.1) is 0 Å². The lowest BCUT2D eigenvalue weighted by Crippen LogP contribution is -2.03. The molecule has 0 bridgehead atoms. The molecule has 2 atom stereocenters. The average Bonchev–Trinajstić information content (AvgIpc) is 3.41. The van der Waals surface area contributed by atoms with E-state index < -0.39 is 0 Å². The van der Waals surface area contributed by atoms with Crippen LogP contribution in [0.4, 0.5) is 0 Å². The minimum Gasteiger partial charge on any atom is -0.507 e. The number of aromatic hydroxyl groups is 1. The van der Waals surface area contributed by atoms with Gasteiger partial charge in [0, 0.05) is 12.0 Å². The Hall–Kier alpha value is -2.34. The van der Waals surface area contributed by atoms with E-state index in [0.29, 0.717) is 36.3 Å². The number of phenols is 1. The van der Waals surface area contributed by atoms with E-state index in [9.17, 15) is 14.7 Å². The molecule has 0 amide bonds. The number of epoxide rings is 1. The second kappa shape index (κ2) is 10.9. The van der Waals surface area contributed by atoms with Gasteiger partial charge in [0.15, 0.2) is 5.78 Å². The van der Waals surface area contributed by atoms with Crippen LogP contribution in [0.5, 0.6) is 11.5 Å². The number of hydrogen-bond acceptors (Lipinski definition) is 6. The number of benzene rings is 1. The van der Waals surface area contributed by atoms with Gasteiger partial charge in [0.05, 0.1) is 25.4 Å². The summed E-state index contributed by atoms with van der Waals surface area (Å²) < 4.78 is 16.0. The monoisotopic (exact) mass is 390 g/mol. The first-order chi connectivity index (χ1) is 13.5. The predicted molar refractivity (Wildman–Crippen MR) is 106 cm³/mol. The molecule has 1 aromatic rings. The molecule has 154 valence electrons. The standard InChI is InChI=1S/C22H30O6/c1-4-8-17-18(13-12-16(15(2)23)22(17)25)27-14-6-5-9-19-20(28-19)10-7-11-21(24)26-3/h5,9,12-13,19-20,25H,4,6-8,10-11,14H2,1-3H3. The smallest absolute Gasteiger partial charge is 0.305 e. The molecule has 1 aromatic carbocycles. The van der Waals surface area contributed by atoms with Crippen molar-refractivity contribution in [2.24, 2.45) is 0 Å². The lowest BCUT2D eigenvalue weighted by Gasteiger charge is -2.14. The zero-order valence-corrected chi connectivity index (χ0v) is 16.9. The first-order valence-corrected chi connectivity index (χ1v) is 9.85. The maximum absolute atomic E-state index is 11.6. The van der Waals surface area contributed by atoms with Crippen LogP contribution in [-0.2, 0) is 20.7 Å². The minimum absolute atomic E-state index is 0.0311. The van der Waals surface area contributed by atoms with E-state index in [1.165, 1.54) is 14.0 Å². The van der Waals surface area contributed by atoms with Crippen molar-refractivity contribution in [3.8, 4) is 11.5 Å². The van der Waals surface area contributed by atoms with E-state index >= 15 is 0 Å². The van der Waals surface area contributed by atoms with E-state index in [0.717, 1.165) is 25.7 Å². The fourth-order valence-electron chi connectivity index (χ4n) is 3.10. The molecule has 1 saturated heterocycles. The summed E-state index contributed by atoms with van der Waals surface area (Å²) in [6.07, 6.45) is 8.62. The Morgan fingerprint density at radius 2 is 2.11 bits per heavy atom. The molecule has 2 rings (SSSR count). The maximum Gasteiger partial charge on any atom is 0.305 e. The van der Waals surface area contributed by atoms with Gasteiger partial charge in [0.1, 0.15) is 17.6 Å². The van der Waals surface area contributed by atoms with Gasteiger partial charge in [-0.2, -0.15) is 0 Å². The average molecular weight is 390 g/mol. The van der Waals surface area contributed by atoms with Crippen LogP contribution in [0.3, 0.4) is 0 Å². The largest absolute Gasteiger partial charge is 0.507 e. The first kappa shape index (κ1) is 22.0. The van der Waals surface area contributed by atoms with Crippen LogP contribution in [0.25, 0.3) is 0 Å². The van der Waals surface area contributed by atoms with Gasteiger partial charge in [-0.15, -0.1) is 0 Å². The van der Waals surface area contributed by atoms with E-state index in [1.54, 1.807) is 12.1 Å². The molecular weight excluding hydrogens is 360 g/mol. The summed E-state index contributed by atoms with van der Waals surface area (Å²) in [5.74, 6) is 0.314. The van der Waals surface area contributed by atoms with Crippen molar-refractivity contribution in [1.82, 2.24) is 0 Å². The SMILES string of the molecule is CCCc1c(OCCC=CC2OC2CCCC(=O)OC)ccc(C(C)=O)c1O. The number of hydrogen-bond donors (Lipinski definition) is 1. The van der Waals surface area contributed by atoms with Crippen molar-refractivity contribution in [2.75, 3.05) is 13.7 Å². The van der Waals surface area contributed by atoms with E-state index in [-0.39, 0.29) is 29.7 Å². The van der Waals surface area contributed by atoms with Gasteiger partial charge in [-0.1, -0.05) is 25.5 Å². The molecule has 0 radical (unpaired) electrons. The number of rotatable bonds is 12. The first-order valence-electron chi connectivity index (χ1n) is 9.85. The van der Waals surface area contributed by atoms with Gasteiger partial charge in [0.25, 0.3) is 0 Å². The quantitative estimate of drug-likeness (QED) is 0.191. The third-order valence-corrected chi connectivity index (χ3v) is 4.71. The summed E-state index contributed by atoms with van der Waals surface area (Å²) in [6.45, 7) is 3.94. The molecule has 0 saturated carbocycles. The molecule has 2 unspecified atom stereocenters. The van der Waals surface area contributed by atoms with E-state index in [4.69, 9.17) is 9.47 Å². The highest BCUT2D eigenvalue weighted by atomic mass is 16.6. The Labute approximate surface area is 166 Å². The molecule has 1 heterocycles. The summed E-state index contributed by atoms with van der Waals surface area (Å²) in [7, 11) is 1.40. The molecule has 28 heavy (non-hydrogen) atoms. The van der Waals surface area contributed by atoms with Gasteiger partial charge in [0.2, 0.25) is 0 Å². The molecule has 0 aromatic heterocycles. The van der Waals surface area contributed by atoms with Crippen LogP contribution >= 0.6 is 0 Å². The number of phenolic OH excluding ortho intramolecular Hbond substituents is 1. The second-order valence-electron chi connectivity index (χ2n) is 6.92. The third-order valence-electron chi connectivity index (χ3n) is 4.71. The van der Waals surface area contributed by atoms with Gasteiger partial charge in [-0.05, 0) is 44.7 Å². The number of carbonyl (C=O) groups excluding carboxylic acids is 2. The van der Waals surface area contributed by atoms with Crippen molar-refractivity contribution in [3.63, 3.8) is 0 Å². The molecular formula is C22H30O6. The zero-order chi connectivity index (χ0) is 20.5. The van der Waals surface area contributed by atoms with Crippen LogP contribution in [-0.4, -0.2) is 42.8 Å². The molecule has 0 aliphatic carbocycles. The molecule has 1 fully saturated rings. The van der Waals surface area contributed by atoms with Crippen molar-refractivity contribution in [1.29, 1.82) is 0 Å². The van der Waals surface area contributed by atoms with Crippen molar-refractivity contribution in [2.45, 2.75) is 64.6 Å². The summed E-state index contributed by atoms with van der Waals surface area (Å²) in [4.78, 5) is 22.7. The van der Waals surface area contributed by atoms with Crippen LogP contribution in [0.2, 0.25) is 0 Å². The Morgan fingerprint density at radius 1 is 1.32 bits per heavy atom. The van der Waals surface area contributed by atoms with E-state index in [1.807, 2.05) is 19.1 Å². The van der Waals surface area contributed by atoms with Crippen molar-refractivity contribution in [3.05, 3.63) is 35.4 Å². The summed E-state index contributed by atoms with van der Waals surface area (Å²) in [5, 5.41) is 10.3. The Balaban J connectivity index is 1.75. The topological polar surface area (TPSA) is 85.4 Å². The number of Topliss-reactive ketones (excluding diaryl/α,β-unsaturated/α-hetero) is 1. The number of carbonyl (C=O) groups is 2. The third kappa shape index (κ3) is 6.37. The van der Waals surface area contributed by atoms with Crippen molar-refractivity contribution < 1.29 is 28.9 Å². The molecule has 6 nitrogen and oxygen atoms in total. The minimum atomic E-state index is -0.185. The zero-order valence-electron chi connectivity index (χ0n) is 16.9. The number of methoxy groups -OCH3 is 1. The van der Waals surface area contributed by atoms with Crippen LogP contribution in [0.15, 0.2) is 24.3 Å². The van der Waals surface area contributed by atoms with Gasteiger partial charge in [-0.25, -0.2) is 0 Å². The lowest BCUT2D eigenvalue weighted by molar-refractivity contribution is -0.140. The maximum atomic E-state index is 11.6. The van der Waals surface area contributed by atoms with Crippen LogP contribution in [0.1, 0.15) is 61.9 Å². The Kier molecular flexibility index (Phi) is 8.51. The molecule has 1 aliphatic rings. The normalized spacial score (nSPS) is 18.2. The molecule has 1 N–H and O–H groups in total. The number of ether oxygens (including phenoxy) is 3.